The van der Waals surface area contributed by atoms with Gasteiger partial charge in [0.2, 0.25) is 0 Å². The maximum Gasteiger partial charge on any atom is 0.283 e. The molecule has 10 rings (SSSR count). The number of rotatable bonds is 2. The average Bonchev–Trinajstić information content (AvgIpc) is 3.76. The Labute approximate surface area is 334 Å². The van der Waals surface area contributed by atoms with Crippen molar-refractivity contribution in [1.82, 2.24) is 9.97 Å². The van der Waals surface area contributed by atoms with E-state index in [9.17, 15) is 0 Å². The summed E-state index contributed by atoms with van der Waals surface area (Å²) in [6.07, 6.45) is 7.08. The van der Waals surface area contributed by atoms with Gasteiger partial charge < -0.3 is 35.2 Å². The lowest BCUT2D eigenvalue weighted by Crippen LogP contribution is -2.34. The van der Waals surface area contributed by atoms with Crippen molar-refractivity contribution in [2.75, 3.05) is 19.8 Å². The van der Waals surface area contributed by atoms with Crippen LogP contribution in [0.25, 0.3) is 11.1 Å². The number of halogens is 2. The van der Waals surface area contributed by atoms with Gasteiger partial charge in [-0.25, -0.2) is 20.0 Å². The zero-order valence-corrected chi connectivity index (χ0v) is 33.3. The third-order valence-corrected chi connectivity index (χ3v) is 11.8. The van der Waals surface area contributed by atoms with E-state index in [0.29, 0.717) is 19.1 Å². The number of nitrogens with two attached hydrogens (primary N) is 2. The van der Waals surface area contributed by atoms with Crippen LogP contribution in [0.4, 0.5) is 0 Å². The van der Waals surface area contributed by atoms with E-state index in [1.807, 2.05) is 42.5 Å². The molecule has 1 aromatic heterocycles. The van der Waals surface area contributed by atoms with Crippen molar-refractivity contribution >= 4 is 50.6 Å². The highest BCUT2D eigenvalue weighted by Gasteiger charge is 2.48. The standard InChI is InChI=1S/C26H26N4O3.C15H10BrIN2O2/c1-25(2)11-18(7-8-32-25)16-3-5-22-20(9-16)26(14-31-24(27)30-26)21-10-17(4-6-23(21)33-22)19-12-28-15-29-13-19;16-8-1-3-12-10(5-8)15(7-20-14(18)19-15)11-6-9(17)2-4-13(11)21-12/h3-6,9-10,12-13,15,18H,7-8,11,14H2,1-2H3,(H2,27,30);1-6H,7H2,(H2,18,19)/t18?,26-;15-/m11/s1. The summed E-state index contributed by atoms with van der Waals surface area (Å²) >= 11 is 5.79. The van der Waals surface area contributed by atoms with Crippen LogP contribution >= 0.6 is 38.5 Å². The Morgan fingerprint density at radius 1 is 0.704 bits per heavy atom. The molecule has 5 aliphatic rings. The lowest BCUT2D eigenvalue weighted by Gasteiger charge is -2.37. The van der Waals surface area contributed by atoms with Gasteiger partial charge in [-0.2, -0.15) is 0 Å². The summed E-state index contributed by atoms with van der Waals surface area (Å²) in [5.41, 5.74) is 17.4. The summed E-state index contributed by atoms with van der Waals surface area (Å²) < 4.78 is 31.7. The van der Waals surface area contributed by atoms with Gasteiger partial charge in [0.1, 0.15) is 42.5 Å². The first kappa shape index (κ1) is 35.0. The van der Waals surface area contributed by atoms with E-state index in [-0.39, 0.29) is 17.6 Å². The maximum atomic E-state index is 6.35. The van der Waals surface area contributed by atoms with Gasteiger partial charge in [0.15, 0.2) is 11.1 Å². The first-order chi connectivity index (χ1) is 26.0. The maximum absolute atomic E-state index is 6.35. The summed E-state index contributed by atoms with van der Waals surface area (Å²) in [5, 5.41) is 0. The highest BCUT2D eigenvalue weighted by molar-refractivity contribution is 14.1. The van der Waals surface area contributed by atoms with E-state index in [1.165, 1.54) is 11.9 Å². The van der Waals surface area contributed by atoms with Gasteiger partial charge in [0.25, 0.3) is 12.0 Å². The molecular formula is C41H36BrIN6O5. The van der Waals surface area contributed by atoms with Gasteiger partial charge in [-0.1, -0.05) is 28.1 Å². The van der Waals surface area contributed by atoms with Gasteiger partial charge in [-0.3, -0.25) is 0 Å². The van der Waals surface area contributed by atoms with Gasteiger partial charge in [0.05, 0.1) is 5.60 Å². The van der Waals surface area contributed by atoms with Crippen molar-refractivity contribution in [3.05, 3.63) is 127 Å². The van der Waals surface area contributed by atoms with Crippen LogP contribution in [-0.4, -0.2) is 47.4 Å². The Kier molecular flexibility index (Phi) is 8.58. The van der Waals surface area contributed by atoms with E-state index in [2.05, 4.69) is 97.7 Å². The Morgan fingerprint density at radius 2 is 1.28 bits per heavy atom. The lowest BCUT2D eigenvalue weighted by molar-refractivity contribution is -0.0593. The quantitative estimate of drug-likeness (QED) is 0.167. The van der Waals surface area contributed by atoms with Crippen molar-refractivity contribution in [3.8, 4) is 34.1 Å². The molecule has 0 bridgehead atoms. The molecule has 2 spiro atoms. The van der Waals surface area contributed by atoms with Crippen LogP contribution in [0.15, 0.2) is 106 Å². The SMILES string of the molecule is CC1(C)CC(c2ccc3c(c2)[C@]2(COC(N)=N2)c2cc(-c4cncnc4)ccc2O3)CCO1.NC1=N[C@]2(CO1)c1cc(Br)ccc1Oc1ccc(I)cc12. The molecule has 0 amide bonds. The summed E-state index contributed by atoms with van der Waals surface area (Å²) in [6.45, 7) is 5.79. The van der Waals surface area contributed by atoms with Crippen LogP contribution < -0.4 is 20.9 Å². The number of hydrogen-bond donors (Lipinski definition) is 2. The van der Waals surface area contributed by atoms with Gasteiger partial charge in [-0.05, 0) is 127 Å². The fourth-order valence-electron chi connectivity index (χ4n) is 8.07. The van der Waals surface area contributed by atoms with Crippen molar-refractivity contribution < 1.29 is 23.7 Å². The molecule has 5 aromatic rings. The molecule has 1 fully saturated rings. The second-order valence-electron chi connectivity index (χ2n) is 14.6. The minimum Gasteiger partial charge on any atom is -0.462 e. The van der Waals surface area contributed by atoms with Crippen LogP contribution in [0, 0.1) is 3.57 Å². The first-order valence-electron chi connectivity index (χ1n) is 17.6. The zero-order valence-electron chi connectivity index (χ0n) is 29.5. The highest BCUT2D eigenvalue weighted by Crippen LogP contribution is 2.54. The normalized spacial score (nSPS) is 23.8. The molecule has 0 aliphatic carbocycles. The van der Waals surface area contributed by atoms with E-state index in [0.717, 1.165) is 83.9 Å². The minimum atomic E-state index is -0.755. The molecule has 11 nitrogen and oxygen atoms in total. The van der Waals surface area contributed by atoms with Crippen LogP contribution in [0.1, 0.15) is 60.4 Å². The van der Waals surface area contributed by atoms with Gasteiger partial charge in [0, 0.05) is 54.9 Å². The smallest absolute Gasteiger partial charge is 0.283 e. The predicted molar refractivity (Wildman–Crippen MR) is 216 cm³/mol. The predicted octanol–water partition coefficient (Wildman–Crippen LogP) is 8.26. The first-order valence-corrected chi connectivity index (χ1v) is 19.5. The average molecular weight is 900 g/mol. The zero-order chi connectivity index (χ0) is 37.2. The molecule has 13 heteroatoms. The van der Waals surface area contributed by atoms with Crippen LogP contribution in [0.3, 0.4) is 0 Å². The summed E-state index contributed by atoms with van der Waals surface area (Å²) in [4.78, 5) is 17.8. The highest BCUT2D eigenvalue weighted by atomic mass is 127. The minimum absolute atomic E-state index is 0.134. The van der Waals surface area contributed by atoms with Crippen molar-refractivity contribution in [2.45, 2.75) is 49.3 Å². The number of aliphatic imine (C=N–C) groups is 2. The van der Waals surface area contributed by atoms with E-state index < -0.39 is 11.1 Å². The largest absolute Gasteiger partial charge is 0.462 e. The molecule has 54 heavy (non-hydrogen) atoms. The topological polar surface area (TPSA) is 149 Å². The molecule has 4 N–H and O–H groups in total. The Hall–Kier alpha value is -4.73. The summed E-state index contributed by atoms with van der Waals surface area (Å²) in [7, 11) is 0. The molecule has 1 saturated heterocycles. The van der Waals surface area contributed by atoms with Crippen LogP contribution in [0.5, 0.6) is 23.0 Å². The van der Waals surface area contributed by atoms with Crippen molar-refractivity contribution in [3.63, 3.8) is 0 Å². The Balaban J connectivity index is 0.000000157. The van der Waals surface area contributed by atoms with Gasteiger partial charge >= 0.3 is 0 Å². The number of aromatic nitrogens is 2. The molecule has 3 atom stereocenters. The van der Waals surface area contributed by atoms with E-state index in [1.54, 1.807) is 12.4 Å². The molecular weight excluding hydrogens is 863 g/mol. The second kappa shape index (κ2) is 13.2. The third-order valence-electron chi connectivity index (χ3n) is 10.6. The lowest BCUT2D eigenvalue weighted by atomic mass is 9.77. The molecule has 6 heterocycles. The molecule has 4 aromatic carbocycles. The van der Waals surface area contributed by atoms with E-state index >= 15 is 0 Å². The molecule has 0 saturated carbocycles. The second-order valence-corrected chi connectivity index (χ2v) is 16.7. The third kappa shape index (κ3) is 6.06. The van der Waals surface area contributed by atoms with Crippen LogP contribution in [-0.2, 0) is 25.3 Å². The number of amidine groups is 2. The molecule has 1 unspecified atom stereocenters. The summed E-state index contributed by atoms with van der Waals surface area (Å²) in [6, 6.07) is 24.9. The van der Waals surface area contributed by atoms with E-state index in [4.69, 9.17) is 40.1 Å². The van der Waals surface area contributed by atoms with Gasteiger partial charge in [-0.15, -0.1) is 0 Å². The fraction of sp³-hybridized carbons (Fsp3) is 0.268. The molecule has 274 valence electrons. The molecule has 5 aliphatic heterocycles. The Morgan fingerprint density at radius 3 is 1.91 bits per heavy atom. The number of hydrogen-bond acceptors (Lipinski definition) is 11. The summed E-state index contributed by atoms with van der Waals surface area (Å²) in [5.74, 6) is 3.54. The number of fused-ring (bicyclic) bond motifs is 8. The monoisotopic (exact) mass is 898 g/mol. The fourth-order valence-corrected chi connectivity index (χ4v) is 8.92. The number of ether oxygens (including phenoxy) is 5. The number of nitrogens with zero attached hydrogens (tertiary/aromatic N) is 4. The number of benzene rings is 4. The van der Waals surface area contributed by atoms with Crippen LogP contribution in [0.2, 0.25) is 0 Å². The molecule has 0 radical (unpaired) electrons. The Bertz CT molecular complexity index is 2320. The van der Waals surface area contributed by atoms with Crippen molar-refractivity contribution in [2.24, 2.45) is 21.5 Å². The van der Waals surface area contributed by atoms with Crippen molar-refractivity contribution in [1.29, 1.82) is 0 Å².